The molecule has 1 N–H and O–H groups in total. The van der Waals surface area contributed by atoms with Crippen molar-refractivity contribution in [2.75, 3.05) is 5.32 Å². The van der Waals surface area contributed by atoms with E-state index in [1.54, 1.807) is 12.4 Å². The fourth-order valence-corrected chi connectivity index (χ4v) is 2.08. The average molecular weight is 235 g/mol. The molecule has 0 bridgehead atoms. The molecular weight excluding hydrogens is 214 g/mol. The van der Waals surface area contributed by atoms with Crippen molar-refractivity contribution in [3.05, 3.63) is 22.7 Å². The van der Waals surface area contributed by atoms with Gasteiger partial charge in [0.2, 0.25) is 0 Å². The molecule has 1 unspecified atom stereocenters. The van der Waals surface area contributed by atoms with E-state index in [1.807, 2.05) is 4.57 Å². The standard InChI is InChI=1S/C13H21N3O/c1-3-5-10(4-2)15-12-13(17)16(9-8-14-12)11-6-7-11/h8-11H,3-7H2,1-2H3,(H,14,15). The van der Waals surface area contributed by atoms with Crippen LogP contribution in [-0.4, -0.2) is 15.6 Å². The largest absolute Gasteiger partial charge is 0.363 e. The summed E-state index contributed by atoms with van der Waals surface area (Å²) in [6.45, 7) is 4.29. The normalized spacial score (nSPS) is 16.8. The molecule has 1 saturated carbocycles. The summed E-state index contributed by atoms with van der Waals surface area (Å²) in [4.78, 5) is 16.3. The van der Waals surface area contributed by atoms with Gasteiger partial charge >= 0.3 is 0 Å². The van der Waals surface area contributed by atoms with Crippen molar-refractivity contribution in [3.63, 3.8) is 0 Å². The molecule has 17 heavy (non-hydrogen) atoms. The van der Waals surface area contributed by atoms with Crippen molar-refractivity contribution in [2.24, 2.45) is 0 Å². The van der Waals surface area contributed by atoms with Crippen molar-refractivity contribution >= 4 is 5.82 Å². The number of anilines is 1. The van der Waals surface area contributed by atoms with Gasteiger partial charge in [0.15, 0.2) is 5.82 Å². The number of nitrogens with zero attached hydrogens (tertiary/aromatic N) is 2. The highest BCUT2D eigenvalue weighted by atomic mass is 16.1. The SMILES string of the molecule is CCCC(CC)Nc1nccn(C2CC2)c1=O. The van der Waals surface area contributed by atoms with E-state index in [0.717, 1.165) is 32.1 Å². The average Bonchev–Trinajstić information content (AvgIpc) is 3.15. The lowest BCUT2D eigenvalue weighted by molar-refractivity contribution is 0.614. The number of hydrogen-bond donors (Lipinski definition) is 1. The number of hydrogen-bond acceptors (Lipinski definition) is 3. The number of aromatic nitrogens is 2. The molecule has 1 aromatic rings. The van der Waals surface area contributed by atoms with Gasteiger partial charge in [-0.3, -0.25) is 4.79 Å². The van der Waals surface area contributed by atoms with Gasteiger partial charge in [0.05, 0.1) is 0 Å². The van der Waals surface area contributed by atoms with Crippen molar-refractivity contribution in [1.29, 1.82) is 0 Å². The van der Waals surface area contributed by atoms with E-state index >= 15 is 0 Å². The summed E-state index contributed by atoms with van der Waals surface area (Å²) in [5.74, 6) is 0.514. The molecule has 4 nitrogen and oxygen atoms in total. The Morgan fingerprint density at radius 3 is 2.88 bits per heavy atom. The van der Waals surface area contributed by atoms with Crippen LogP contribution in [0.25, 0.3) is 0 Å². The maximum atomic E-state index is 12.1. The number of rotatable bonds is 6. The summed E-state index contributed by atoms with van der Waals surface area (Å²) in [5, 5.41) is 3.28. The van der Waals surface area contributed by atoms with Gasteiger partial charge in [-0.05, 0) is 25.7 Å². The summed E-state index contributed by atoms with van der Waals surface area (Å²) < 4.78 is 1.81. The van der Waals surface area contributed by atoms with E-state index in [2.05, 4.69) is 24.1 Å². The van der Waals surface area contributed by atoms with Crippen LogP contribution < -0.4 is 10.9 Å². The third-order valence-corrected chi connectivity index (χ3v) is 3.28. The predicted octanol–water partition coefficient (Wildman–Crippen LogP) is 2.57. The maximum Gasteiger partial charge on any atom is 0.293 e. The molecule has 2 rings (SSSR count). The Hall–Kier alpha value is -1.32. The second kappa shape index (κ2) is 5.34. The van der Waals surface area contributed by atoms with Crippen LogP contribution in [0.3, 0.4) is 0 Å². The highest BCUT2D eigenvalue weighted by molar-refractivity contribution is 5.32. The summed E-state index contributed by atoms with van der Waals surface area (Å²) in [6.07, 6.45) is 8.98. The van der Waals surface area contributed by atoms with E-state index in [1.165, 1.54) is 0 Å². The van der Waals surface area contributed by atoms with Crippen molar-refractivity contribution in [2.45, 2.75) is 58.0 Å². The Balaban J connectivity index is 2.14. The van der Waals surface area contributed by atoms with Gasteiger partial charge in [0, 0.05) is 24.5 Å². The Labute approximate surface area is 102 Å². The molecule has 0 radical (unpaired) electrons. The molecule has 0 aromatic carbocycles. The monoisotopic (exact) mass is 235 g/mol. The van der Waals surface area contributed by atoms with Crippen LogP contribution in [0.15, 0.2) is 17.2 Å². The Kier molecular flexibility index (Phi) is 3.82. The molecule has 0 spiro atoms. The lowest BCUT2D eigenvalue weighted by Gasteiger charge is -2.16. The smallest absolute Gasteiger partial charge is 0.293 e. The van der Waals surface area contributed by atoms with E-state index in [9.17, 15) is 4.79 Å². The molecule has 0 aliphatic heterocycles. The van der Waals surface area contributed by atoms with Crippen LogP contribution in [0, 0.1) is 0 Å². The van der Waals surface area contributed by atoms with Crippen molar-refractivity contribution < 1.29 is 0 Å². The minimum Gasteiger partial charge on any atom is -0.363 e. The lowest BCUT2D eigenvalue weighted by atomic mass is 10.1. The van der Waals surface area contributed by atoms with Gasteiger partial charge < -0.3 is 9.88 Å². The fraction of sp³-hybridized carbons (Fsp3) is 0.692. The van der Waals surface area contributed by atoms with E-state index in [-0.39, 0.29) is 5.56 Å². The van der Waals surface area contributed by atoms with Crippen LogP contribution in [-0.2, 0) is 0 Å². The molecule has 1 aromatic heterocycles. The maximum absolute atomic E-state index is 12.1. The topological polar surface area (TPSA) is 46.9 Å². The zero-order valence-corrected chi connectivity index (χ0v) is 10.6. The molecule has 1 heterocycles. The first-order valence-corrected chi connectivity index (χ1v) is 6.60. The quantitative estimate of drug-likeness (QED) is 0.824. The van der Waals surface area contributed by atoms with Crippen molar-refractivity contribution in [1.82, 2.24) is 9.55 Å². The van der Waals surface area contributed by atoms with Crippen LogP contribution in [0.2, 0.25) is 0 Å². The third kappa shape index (κ3) is 2.87. The van der Waals surface area contributed by atoms with E-state index < -0.39 is 0 Å². The second-order valence-corrected chi connectivity index (χ2v) is 4.76. The molecule has 94 valence electrons. The van der Waals surface area contributed by atoms with E-state index in [0.29, 0.717) is 17.9 Å². The van der Waals surface area contributed by atoms with Gasteiger partial charge in [-0.25, -0.2) is 4.98 Å². The molecule has 4 heteroatoms. The highest BCUT2D eigenvalue weighted by Crippen LogP contribution is 2.33. The first-order chi connectivity index (χ1) is 8.26. The Bertz CT molecular complexity index is 423. The third-order valence-electron chi connectivity index (χ3n) is 3.28. The minimum atomic E-state index is 0.0320. The number of nitrogens with one attached hydrogen (secondary N) is 1. The van der Waals surface area contributed by atoms with Gasteiger partial charge in [0.25, 0.3) is 5.56 Å². The molecule has 0 saturated heterocycles. The Morgan fingerprint density at radius 1 is 1.53 bits per heavy atom. The van der Waals surface area contributed by atoms with Gasteiger partial charge in [-0.2, -0.15) is 0 Å². The minimum absolute atomic E-state index is 0.0320. The molecule has 1 aliphatic carbocycles. The summed E-state index contributed by atoms with van der Waals surface area (Å²) in [7, 11) is 0. The summed E-state index contributed by atoms with van der Waals surface area (Å²) in [5.41, 5.74) is 0.0320. The zero-order valence-electron chi connectivity index (χ0n) is 10.6. The Morgan fingerprint density at radius 2 is 2.29 bits per heavy atom. The first kappa shape index (κ1) is 12.1. The first-order valence-electron chi connectivity index (χ1n) is 6.60. The van der Waals surface area contributed by atoms with E-state index in [4.69, 9.17) is 0 Å². The molecule has 0 amide bonds. The molecule has 1 fully saturated rings. The summed E-state index contributed by atoms with van der Waals surface area (Å²) in [6, 6.07) is 0.771. The summed E-state index contributed by atoms with van der Waals surface area (Å²) >= 11 is 0. The van der Waals surface area contributed by atoms with Crippen LogP contribution in [0.1, 0.15) is 52.0 Å². The highest BCUT2D eigenvalue weighted by Gasteiger charge is 2.25. The lowest BCUT2D eigenvalue weighted by Crippen LogP contribution is -2.28. The molecule has 1 aliphatic rings. The fourth-order valence-electron chi connectivity index (χ4n) is 2.08. The van der Waals surface area contributed by atoms with Gasteiger partial charge in [-0.1, -0.05) is 20.3 Å². The van der Waals surface area contributed by atoms with Gasteiger partial charge in [0.1, 0.15) is 0 Å². The zero-order chi connectivity index (χ0) is 12.3. The van der Waals surface area contributed by atoms with Crippen LogP contribution in [0.4, 0.5) is 5.82 Å². The van der Waals surface area contributed by atoms with Crippen molar-refractivity contribution in [3.8, 4) is 0 Å². The second-order valence-electron chi connectivity index (χ2n) is 4.76. The predicted molar refractivity (Wildman–Crippen MR) is 69.4 cm³/mol. The van der Waals surface area contributed by atoms with Gasteiger partial charge in [-0.15, -0.1) is 0 Å². The molecule has 1 atom stereocenters. The van der Waals surface area contributed by atoms with Crippen LogP contribution in [0.5, 0.6) is 0 Å². The molecular formula is C13H21N3O. The van der Waals surface area contributed by atoms with Crippen LogP contribution >= 0.6 is 0 Å².